The van der Waals surface area contributed by atoms with E-state index in [0.29, 0.717) is 0 Å². The van der Waals surface area contributed by atoms with Gasteiger partial charge in [-0.15, -0.1) is 0 Å². The van der Waals surface area contributed by atoms with Crippen LogP contribution in [0.5, 0.6) is 0 Å². The van der Waals surface area contributed by atoms with Gasteiger partial charge < -0.3 is 5.21 Å². The lowest BCUT2D eigenvalue weighted by atomic mass is 9.91. The Morgan fingerprint density at radius 1 is 1.00 bits per heavy atom. The number of aromatic nitrogens is 1. The Balaban J connectivity index is 2.17. The summed E-state index contributed by atoms with van der Waals surface area (Å²) in [4.78, 5) is 0. The summed E-state index contributed by atoms with van der Waals surface area (Å²) in [7, 11) is 0. The molecule has 0 spiro atoms. The average molecular weight is 306 g/mol. The fourth-order valence-corrected chi connectivity index (χ4v) is 3.25. The topological polar surface area (TPSA) is 26.9 Å². The first-order valence-corrected chi connectivity index (χ1v) is 7.74. The standard InChI is InChI=1S/C17H17ClFNO/c18-17-11-15(12-7-9-13(19)10-8-12)14-5-3-1-2-4-6-16(14)20(17)21/h7-11H,1-6H2. The first kappa shape index (κ1) is 14.3. The predicted octanol–water partition coefficient (Wildman–Crippen LogP) is 4.44. The number of nitrogens with zero attached hydrogens (tertiary/aromatic N) is 1. The van der Waals surface area contributed by atoms with Crippen molar-refractivity contribution >= 4 is 11.6 Å². The van der Waals surface area contributed by atoms with Crippen LogP contribution in [0.3, 0.4) is 0 Å². The van der Waals surface area contributed by atoms with E-state index in [4.69, 9.17) is 11.6 Å². The SMILES string of the molecule is [O-][n+]1c(Cl)cc(-c2ccc(F)cc2)c2c1CCCCCC2. The summed E-state index contributed by atoms with van der Waals surface area (Å²) in [6.07, 6.45) is 6.05. The minimum atomic E-state index is -0.262. The van der Waals surface area contributed by atoms with Crippen LogP contribution < -0.4 is 4.73 Å². The lowest BCUT2D eigenvalue weighted by Gasteiger charge is -2.18. The summed E-state index contributed by atoms with van der Waals surface area (Å²) < 4.78 is 14.0. The van der Waals surface area contributed by atoms with Gasteiger partial charge in [-0.1, -0.05) is 25.0 Å². The van der Waals surface area contributed by atoms with Crippen molar-refractivity contribution in [2.75, 3.05) is 0 Å². The second-order valence-electron chi connectivity index (χ2n) is 5.52. The maximum absolute atomic E-state index is 13.1. The van der Waals surface area contributed by atoms with E-state index in [0.717, 1.165) is 59.2 Å². The van der Waals surface area contributed by atoms with E-state index in [-0.39, 0.29) is 11.0 Å². The van der Waals surface area contributed by atoms with Gasteiger partial charge >= 0.3 is 0 Å². The second-order valence-corrected chi connectivity index (χ2v) is 5.91. The van der Waals surface area contributed by atoms with Crippen LogP contribution in [-0.2, 0) is 12.8 Å². The molecule has 1 aromatic heterocycles. The van der Waals surface area contributed by atoms with Gasteiger partial charge in [-0.3, -0.25) is 0 Å². The molecule has 0 N–H and O–H groups in total. The Labute approximate surface area is 128 Å². The van der Waals surface area contributed by atoms with Crippen molar-refractivity contribution in [1.29, 1.82) is 0 Å². The zero-order valence-corrected chi connectivity index (χ0v) is 12.5. The molecule has 0 radical (unpaired) electrons. The Kier molecular flexibility index (Phi) is 4.11. The number of hydrogen-bond acceptors (Lipinski definition) is 1. The van der Waals surface area contributed by atoms with Crippen molar-refractivity contribution in [1.82, 2.24) is 0 Å². The highest BCUT2D eigenvalue weighted by Gasteiger charge is 2.22. The number of pyridine rings is 1. The molecule has 0 fully saturated rings. The highest BCUT2D eigenvalue weighted by Crippen LogP contribution is 2.31. The lowest BCUT2D eigenvalue weighted by Crippen LogP contribution is -2.35. The fraction of sp³-hybridized carbons (Fsp3) is 0.353. The number of rotatable bonds is 1. The van der Waals surface area contributed by atoms with Crippen molar-refractivity contribution in [3.05, 3.63) is 57.8 Å². The van der Waals surface area contributed by atoms with Crippen LogP contribution in [0.4, 0.5) is 4.39 Å². The van der Waals surface area contributed by atoms with Crippen LogP contribution in [0.2, 0.25) is 5.15 Å². The van der Waals surface area contributed by atoms with Crippen LogP contribution >= 0.6 is 11.6 Å². The molecule has 0 unspecified atom stereocenters. The van der Waals surface area contributed by atoms with Gasteiger partial charge in [0.05, 0.1) is 0 Å². The molecule has 0 atom stereocenters. The molecule has 1 aliphatic rings. The highest BCUT2D eigenvalue weighted by atomic mass is 35.5. The third kappa shape index (κ3) is 2.88. The van der Waals surface area contributed by atoms with Gasteiger partial charge in [-0.2, -0.15) is 4.73 Å². The molecule has 0 amide bonds. The zero-order chi connectivity index (χ0) is 14.8. The minimum absolute atomic E-state index is 0.189. The van der Waals surface area contributed by atoms with E-state index >= 15 is 0 Å². The van der Waals surface area contributed by atoms with E-state index in [9.17, 15) is 9.60 Å². The maximum atomic E-state index is 13.1. The van der Waals surface area contributed by atoms with Crippen LogP contribution in [0.1, 0.15) is 36.9 Å². The number of fused-ring (bicyclic) bond motifs is 1. The molecule has 2 aromatic rings. The van der Waals surface area contributed by atoms with Gasteiger partial charge in [0.25, 0.3) is 5.15 Å². The molecular formula is C17H17ClFNO. The van der Waals surface area contributed by atoms with Crippen LogP contribution in [0.25, 0.3) is 11.1 Å². The van der Waals surface area contributed by atoms with Gasteiger partial charge in [-0.25, -0.2) is 4.39 Å². The normalized spacial score (nSPS) is 15.1. The zero-order valence-electron chi connectivity index (χ0n) is 11.7. The molecule has 0 aliphatic heterocycles. The molecule has 0 saturated carbocycles. The third-order valence-corrected chi connectivity index (χ3v) is 4.38. The minimum Gasteiger partial charge on any atom is -0.617 e. The second kappa shape index (κ2) is 6.02. The van der Waals surface area contributed by atoms with E-state index in [1.807, 2.05) is 0 Å². The van der Waals surface area contributed by atoms with Crippen molar-refractivity contribution in [3.63, 3.8) is 0 Å². The molecular weight excluding hydrogens is 289 g/mol. The molecule has 0 saturated heterocycles. The molecule has 3 rings (SSSR count). The van der Waals surface area contributed by atoms with Gasteiger partial charge in [0, 0.05) is 18.1 Å². The highest BCUT2D eigenvalue weighted by molar-refractivity contribution is 6.28. The van der Waals surface area contributed by atoms with E-state index < -0.39 is 0 Å². The average Bonchev–Trinajstić information content (AvgIpc) is 2.44. The van der Waals surface area contributed by atoms with E-state index in [2.05, 4.69) is 0 Å². The number of hydrogen-bond donors (Lipinski definition) is 0. The van der Waals surface area contributed by atoms with Crippen molar-refractivity contribution in [2.24, 2.45) is 0 Å². The van der Waals surface area contributed by atoms with Crippen LogP contribution in [-0.4, -0.2) is 0 Å². The van der Waals surface area contributed by atoms with Gasteiger partial charge in [0.1, 0.15) is 5.82 Å². The fourth-order valence-electron chi connectivity index (χ4n) is 3.04. The quantitative estimate of drug-likeness (QED) is 0.435. The van der Waals surface area contributed by atoms with Crippen LogP contribution in [0, 0.1) is 11.0 Å². The van der Waals surface area contributed by atoms with Gasteiger partial charge in [-0.05, 0) is 54.1 Å². The molecule has 1 aromatic carbocycles. The molecule has 0 bridgehead atoms. The third-order valence-electron chi connectivity index (χ3n) is 4.12. The largest absolute Gasteiger partial charge is 0.617 e. The lowest BCUT2D eigenvalue weighted by molar-refractivity contribution is -0.612. The van der Waals surface area contributed by atoms with Gasteiger partial charge in [0.15, 0.2) is 5.69 Å². The van der Waals surface area contributed by atoms with Gasteiger partial charge in [0.2, 0.25) is 0 Å². The molecule has 4 heteroatoms. The summed E-state index contributed by atoms with van der Waals surface area (Å²) in [6.45, 7) is 0. The first-order valence-electron chi connectivity index (χ1n) is 7.36. The number of halogens is 2. The summed E-state index contributed by atoms with van der Waals surface area (Å²) in [6, 6.07) is 8.08. The Morgan fingerprint density at radius 2 is 1.67 bits per heavy atom. The van der Waals surface area contributed by atoms with Crippen molar-refractivity contribution in [3.8, 4) is 11.1 Å². The monoisotopic (exact) mass is 305 g/mol. The smallest absolute Gasteiger partial charge is 0.287 e. The summed E-state index contributed by atoms with van der Waals surface area (Å²) in [5.74, 6) is -0.262. The number of benzene rings is 1. The molecule has 21 heavy (non-hydrogen) atoms. The van der Waals surface area contributed by atoms with E-state index in [1.54, 1.807) is 18.2 Å². The summed E-state index contributed by atoms with van der Waals surface area (Å²) >= 11 is 6.10. The van der Waals surface area contributed by atoms with E-state index in [1.165, 1.54) is 18.6 Å². The molecule has 110 valence electrons. The Hall–Kier alpha value is -1.61. The molecule has 1 aliphatic carbocycles. The maximum Gasteiger partial charge on any atom is 0.287 e. The summed E-state index contributed by atoms with van der Waals surface area (Å²) in [5, 5.41) is 12.4. The van der Waals surface area contributed by atoms with Crippen molar-refractivity contribution < 1.29 is 9.12 Å². The first-order chi connectivity index (χ1) is 10.2. The molecule has 1 heterocycles. The Bertz CT molecular complexity index is 655. The Morgan fingerprint density at radius 3 is 2.38 bits per heavy atom. The van der Waals surface area contributed by atoms with Crippen LogP contribution in [0.15, 0.2) is 30.3 Å². The molecule has 2 nitrogen and oxygen atoms in total. The predicted molar refractivity (Wildman–Crippen MR) is 81.7 cm³/mol. The summed E-state index contributed by atoms with van der Waals surface area (Å²) in [5.41, 5.74) is 3.72. The van der Waals surface area contributed by atoms with Crippen molar-refractivity contribution in [2.45, 2.75) is 38.5 Å².